The van der Waals surface area contributed by atoms with Crippen LogP contribution in [0.2, 0.25) is 5.02 Å². The highest BCUT2D eigenvalue weighted by molar-refractivity contribution is 9.10. The summed E-state index contributed by atoms with van der Waals surface area (Å²) in [7, 11) is 1.84. The highest BCUT2D eigenvalue weighted by Gasteiger charge is 2.13. The molecule has 1 amide bonds. The summed E-state index contributed by atoms with van der Waals surface area (Å²) in [4.78, 5) is 12.2. The van der Waals surface area contributed by atoms with Gasteiger partial charge in [0.25, 0.3) is 0 Å². The number of carbonyl (C=O) groups is 1. The maximum atomic E-state index is 12.2. The quantitative estimate of drug-likeness (QED) is 0.489. The Morgan fingerprint density at radius 3 is 2.71 bits per heavy atom. The lowest BCUT2D eigenvalue weighted by Gasteiger charge is -2.08. The molecule has 1 heterocycles. The zero-order chi connectivity index (χ0) is 20.1. The van der Waals surface area contributed by atoms with Crippen molar-refractivity contribution >= 4 is 50.9 Å². The number of ether oxygens (including phenoxy) is 1. The summed E-state index contributed by atoms with van der Waals surface area (Å²) >= 11 is 10.6. The van der Waals surface area contributed by atoms with E-state index in [4.69, 9.17) is 16.3 Å². The maximum Gasteiger partial charge on any atom is 0.234 e. The highest BCUT2D eigenvalue weighted by Crippen LogP contribution is 2.24. The second-order valence-corrected chi connectivity index (χ2v) is 8.25. The number of aromatic nitrogens is 3. The van der Waals surface area contributed by atoms with Gasteiger partial charge in [-0.1, -0.05) is 29.4 Å². The highest BCUT2D eigenvalue weighted by atomic mass is 79.9. The fourth-order valence-electron chi connectivity index (χ4n) is 2.31. The molecule has 0 aliphatic heterocycles. The minimum absolute atomic E-state index is 0.114. The predicted molar refractivity (Wildman–Crippen MR) is 115 cm³/mol. The number of aryl methyl sites for hydroxylation is 1. The van der Waals surface area contributed by atoms with E-state index in [2.05, 4.69) is 31.4 Å². The van der Waals surface area contributed by atoms with Crippen LogP contribution >= 0.6 is 39.3 Å². The van der Waals surface area contributed by atoms with Crippen LogP contribution in [0.25, 0.3) is 0 Å². The SMILES string of the molecule is Cc1ccc(NC(=O)CSc2nnc(COc3ccc(Cl)cc3)n2C)c(Br)c1. The molecular weight excluding hydrogens is 464 g/mol. The van der Waals surface area contributed by atoms with Gasteiger partial charge in [0.1, 0.15) is 12.4 Å². The van der Waals surface area contributed by atoms with E-state index >= 15 is 0 Å². The van der Waals surface area contributed by atoms with Crippen molar-refractivity contribution in [1.29, 1.82) is 0 Å². The number of amides is 1. The number of carbonyl (C=O) groups excluding carboxylic acids is 1. The topological polar surface area (TPSA) is 69.0 Å². The molecule has 2 aromatic carbocycles. The minimum Gasteiger partial charge on any atom is -0.486 e. The molecule has 0 saturated carbocycles. The van der Waals surface area contributed by atoms with E-state index < -0.39 is 0 Å². The van der Waals surface area contributed by atoms with Gasteiger partial charge in [0.15, 0.2) is 11.0 Å². The largest absolute Gasteiger partial charge is 0.486 e. The number of benzene rings is 2. The maximum absolute atomic E-state index is 12.2. The lowest BCUT2D eigenvalue weighted by Crippen LogP contribution is -2.15. The summed E-state index contributed by atoms with van der Waals surface area (Å²) in [6.07, 6.45) is 0. The van der Waals surface area contributed by atoms with Crippen molar-refractivity contribution in [2.45, 2.75) is 18.7 Å². The molecule has 1 N–H and O–H groups in total. The fraction of sp³-hybridized carbons (Fsp3) is 0.211. The molecular formula is C19H18BrClN4O2S. The van der Waals surface area contributed by atoms with Crippen molar-refractivity contribution in [3.63, 3.8) is 0 Å². The van der Waals surface area contributed by atoms with E-state index in [1.165, 1.54) is 11.8 Å². The number of hydrogen-bond donors (Lipinski definition) is 1. The van der Waals surface area contributed by atoms with Crippen LogP contribution in [-0.4, -0.2) is 26.4 Å². The van der Waals surface area contributed by atoms with Gasteiger partial charge >= 0.3 is 0 Å². The van der Waals surface area contributed by atoms with E-state index in [0.717, 1.165) is 15.7 Å². The third-order valence-electron chi connectivity index (χ3n) is 3.84. The molecule has 0 saturated heterocycles. The molecule has 0 fully saturated rings. The predicted octanol–water partition coefficient (Wildman–Crippen LogP) is 4.85. The van der Waals surface area contributed by atoms with Gasteiger partial charge in [-0.3, -0.25) is 4.79 Å². The molecule has 6 nitrogen and oxygen atoms in total. The number of halogens is 2. The van der Waals surface area contributed by atoms with E-state index in [9.17, 15) is 4.79 Å². The molecule has 0 aliphatic rings. The molecule has 0 aliphatic carbocycles. The minimum atomic E-state index is -0.114. The summed E-state index contributed by atoms with van der Waals surface area (Å²) in [5.41, 5.74) is 1.86. The van der Waals surface area contributed by atoms with Crippen LogP contribution in [0.15, 0.2) is 52.1 Å². The van der Waals surface area contributed by atoms with Crippen LogP contribution in [0.5, 0.6) is 5.75 Å². The van der Waals surface area contributed by atoms with Gasteiger partial charge < -0.3 is 14.6 Å². The van der Waals surface area contributed by atoms with Gasteiger partial charge in [-0.05, 0) is 64.8 Å². The van der Waals surface area contributed by atoms with Crippen LogP contribution in [0, 0.1) is 6.92 Å². The van der Waals surface area contributed by atoms with E-state index in [-0.39, 0.29) is 18.3 Å². The second kappa shape index (κ2) is 9.45. The average molecular weight is 482 g/mol. The normalized spacial score (nSPS) is 10.7. The first kappa shape index (κ1) is 20.7. The third kappa shape index (κ3) is 5.50. The average Bonchev–Trinajstić information content (AvgIpc) is 3.02. The number of hydrogen-bond acceptors (Lipinski definition) is 5. The number of rotatable bonds is 7. The van der Waals surface area contributed by atoms with Crippen molar-refractivity contribution in [3.05, 3.63) is 63.3 Å². The van der Waals surface area contributed by atoms with Gasteiger partial charge in [0, 0.05) is 16.5 Å². The van der Waals surface area contributed by atoms with Gasteiger partial charge in [-0.15, -0.1) is 10.2 Å². The summed E-state index contributed by atoms with van der Waals surface area (Å²) in [6, 6.07) is 12.9. The standard InChI is InChI=1S/C19H18BrClN4O2S/c1-12-3-8-16(15(20)9-12)22-18(26)11-28-19-24-23-17(25(19)2)10-27-14-6-4-13(21)5-7-14/h3-9H,10-11H2,1-2H3,(H,22,26). The summed E-state index contributed by atoms with van der Waals surface area (Å²) in [5, 5.41) is 12.5. The summed E-state index contributed by atoms with van der Waals surface area (Å²) in [6.45, 7) is 2.27. The Morgan fingerprint density at radius 1 is 1.25 bits per heavy atom. The van der Waals surface area contributed by atoms with Crippen LogP contribution in [0.1, 0.15) is 11.4 Å². The summed E-state index contributed by atoms with van der Waals surface area (Å²) < 4.78 is 8.36. The number of anilines is 1. The van der Waals surface area contributed by atoms with Crippen molar-refractivity contribution in [2.24, 2.45) is 7.05 Å². The molecule has 28 heavy (non-hydrogen) atoms. The Labute approximate surface area is 180 Å². The Hall–Kier alpha value is -2.03. The molecule has 1 aromatic heterocycles. The molecule has 0 atom stereocenters. The fourth-order valence-corrected chi connectivity index (χ4v) is 3.76. The van der Waals surface area contributed by atoms with Gasteiger partial charge in [-0.25, -0.2) is 0 Å². The first-order valence-electron chi connectivity index (χ1n) is 8.38. The molecule has 0 spiro atoms. The number of nitrogens with zero attached hydrogens (tertiary/aromatic N) is 3. The zero-order valence-electron chi connectivity index (χ0n) is 15.3. The van der Waals surface area contributed by atoms with Crippen molar-refractivity contribution < 1.29 is 9.53 Å². The van der Waals surface area contributed by atoms with Crippen molar-refractivity contribution in [1.82, 2.24) is 14.8 Å². The van der Waals surface area contributed by atoms with E-state index in [0.29, 0.717) is 21.8 Å². The summed E-state index contributed by atoms with van der Waals surface area (Å²) in [5.74, 6) is 1.48. The molecule has 3 rings (SSSR count). The Bertz CT molecular complexity index is 979. The third-order valence-corrected chi connectivity index (χ3v) is 5.77. The molecule has 0 radical (unpaired) electrons. The molecule has 0 unspecified atom stereocenters. The first-order chi connectivity index (χ1) is 13.4. The van der Waals surface area contributed by atoms with Crippen LogP contribution < -0.4 is 10.1 Å². The molecule has 146 valence electrons. The first-order valence-corrected chi connectivity index (χ1v) is 10.5. The zero-order valence-corrected chi connectivity index (χ0v) is 18.4. The molecule has 0 bridgehead atoms. The van der Waals surface area contributed by atoms with Crippen LogP contribution in [-0.2, 0) is 18.4 Å². The van der Waals surface area contributed by atoms with Gasteiger partial charge in [0.05, 0.1) is 11.4 Å². The number of thioether (sulfide) groups is 1. The molecule has 9 heteroatoms. The molecule has 3 aromatic rings. The van der Waals surface area contributed by atoms with Crippen molar-refractivity contribution in [3.8, 4) is 5.75 Å². The van der Waals surface area contributed by atoms with Crippen molar-refractivity contribution in [2.75, 3.05) is 11.1 Å². The van der Waals surface area contributed by atoms with Gasteiger partial charge in [0.2, 0.25) is 5.91 Å². The smallest absolute Gasteiger partial charge is 0.234 e. The lowest BCUT2D eigenvalue weighted by atomic mass is 10.2. The Balaban J connectivity index is 1.53. The van der Waals surface area contributed by atoms with Gasteiger partial charge in [-0.2, -0.15) is 0 Å². The lowest BCUT2D eigenvalue weighted by molar-refractivity contribution is -0.113. The van der Waals surface area contributed by atoms with E-state index in [1.54, 1.807) is 24.3 Å². The monoisotopic (exact) mass is 480 g/mol. The Kier molecular flexibility index (Phi) is 6.98. The van der Waals surface area contributed by atoms with Crippen LogP contribution in [0.3, 0.4) is 0 Å². The van der Waals surface area contributed by atoms with Crippen LogP contribution in [0.4, 0.5) is 5.69 Å². The Morgan fingerprint density at radius 2 is 2.00 bits per heavy atom. The number of nitrogens with one attached hydrogen (secondary N) is 1. The van der Waals surface area contributed by atoms with E-state index in [1.807, 2.05) is 36.7 Å². The second-order valence-electron chi connectivity index (χ2n) is 6.02.